The van der Waals surface area contributed by atoms with Crippen LogP contribution in [0, 0.1) is 29.6 Å². The van der Waals surface area contributed by atoms with Crippen molar-refractivity contribution in [3.63, 3.8) is 0 Å². The van der Waals surface area contributed by atoms with Crippen molar-refractivity contribution < 1.29 is 62.9 Å². The smallest absolute Gasteiger partial charge is 0.329 e. The number of hydrogen-bond acceptors (Lipinski definition) is 14. The van der Waals surface area contributed by atoms with Gasteiger partial charge in [-0.05, 0) is 101 Å². The Morgan fingerprint density at radius 1 is 0.818 bits per heavy atom. The predicted octanol–water partition coefficient (Wildman–Crippen LogP) is 5.32. The van der Waals surface area contributed by atoms with Crippen LogP contribution in [0.4, 0.5) is 0 Å². The van der Waals surface area contributed by atoms with Crippen LogP contribution in [-0.2, 0) is 47.6 Å². The first kappa shape index (κ1) is 55.5. The monoisotopic (exact) mass is 931 g/mol. The summed E-state index contributed by atoms with van der Waals surface area (Å²) < 4.78 is 35.2. The van der Waals surface area contributed by atoms with Gasteiger partial charge in [0, 0.05) is 71.6 Å². The molecule has 66 heavy (non-hydrogen) atoms. The Hall–Kier alpha value is -3.12. The number of carbonyl (C=O) groups is 4. The zero-order chi connectivity index (χ0) is 48.9. The second kappa shape index (κ2) is 26.0. The Labute approximate surface area is 393 Å². The normalized spacial score (nSPS) is 41.1. The van der Waals surface area contributed by atoms with Crippen LogP contribution in [-0.4, -0.2) is 145 Å². The van der Waals surface area contributed by atoms with Crippen LogP contribution in [0.25, 0.3) is 0 Å². The van der Waals surface area contributed by atoms with Crippen LogP contribution in [0.5, 0.6) is 0 Å². The molecule has 0 radical (unpaired) electrons. The number of nitrogens with zero attached hydrogens (tertiary/aromatic N) is 1. The van der Waals surface area contributed by atoms with Gasteiger partial charge in [-0.3, -0.25) is 14.4 Å². The first-order valence-electron chi connectivity index (χ1n) is 24.2. The number of fused-ring (bicyclic) bond motifs is 3. The Morgan fingerprint density at radius 2 is 1.53 bits per heavy atom. The summed E-state index contributed by atoms with van der Waals surface area (Å²) in [5.41, 5.74) is 8.25. The number of Topliss-reactive ketones (excluding diaryl/α,β-unsaturated/α-hetero) is 2. The number of allylic oxidation sites excluding steroid dienone is 5. The zero-order valence-electron chi connectivity index (χ0n) is 41.3. The first-order valence-corrected chi connectivity index (χ1v) is 24.2. The molecule has 374 valence electrons. The van der Waals surface area contributed by atoms with E-state index in [9.17, 15) is 34.5 Å². The predicted molar refractivity (Wildman–Crippen MR) is 250 cm³/mol. The minimum Gasteiger partial charge on any atom is -0.459 e. The van der Waals surface area contributed by atoms with Crippen LogP contribution in [0.3, 0.4) is 0 Å². The second-order valence-electron chi connectivity index (χ2n) is 19.7. The Kier molecular flexibility index (Phi) is 21.9. The minimum absolute atomic E-state index is 0.0260. The summed E-state index contributed by atoms with van der Waals surface area (Å²) in [5, 5.41) is 35.2. The third kappa shape index (κ3) is 14.5. The summed E-state index contributed by atoms with van der Waals surface area (Å²) in [4.78, 5) is 57.8. The van der Waals surface area contributed by atoms with E-state index in [-0.39, 0.29) is 49.2 Å². The molecule has 0 aromatic rings. The van der Waals surface area contributed by atoms with Crippen LogP contribution in [0.1, 0.15) is 119 Å². The van der Waals surface area contributed by atoms with Crippen molar-refractivity contribution in [2.75, 3.05) is 35.0 Å². The molecule has 0 spiro atoms. The summed E-state index contributed by atoms with van der Waals surface area (Å²) in [6.45, 7) is 11.0. The maximum absolute atomic E-state index is 14.4. The van der Waals surface area contributed by atoms with Crippen LogP contribution >= 0.6 is 0 Å². The van der Waals surface area contributed by atoms with Crippen molar-refractivity contribution in [3.05, 3.63) is 47.6 Å². The van der Waals surface area contributed by atoms with Gasteiger partial charge in [0.25, 0.3) is 11.7 Å². The number of rotatable bonds is 7. The maximum atomic E-state index is 14.4. The summed E-state index contributed by atoms with van der Waals surface area (Å²) in [5.74, 6) is -7.20. The van der Waals surface area contributed by atoms with Gasteiger partial charge >= 0.3 is 5.97 Å². The lowest BCUT2D eigenvalue weighted by atomic mass is 9.80. The van der Waals surface area contributed by atoms with Gasteiger partial charge in [-0.15, -0.1) is 0 Å². The molecule has 0 aromatic heterocycles. The molecule has 0 aromatic carbocycles. The highest BCUT2D eigenvalue weighted by Crippen LogP contribution is 2.37. The van der Waals surface area contributed by atoms with Crippen molar-refractivity contribution in [1.29, 1.82) is 0 Å². The minimum atomic E-state index is -2.43. The SMILES string of the molecule is CO[C@H]1C[C@@H]2CC[C@@H](C)[C@@](O)(O2)C(=O)C(=O)N2CCCC[C@H]2C(=O)O[C@H]([C@H](N)C[C@@H]2CC[C@@H](OC)[C@H](OC)C2)C[C@@H](O)[C@H](C)/C=C(\C)[C@@H](O)[C@@H](OC)C(=O)[C@H](C)C[C@H](C)/C=C/C=C/C=C/1C. The van der Waals surface area contributed by atoms with E-state index in [2.05, 4.69) is 0 Å². The number of amides is 1. The summed E-state index contributed by atoms with van der Waals surface area (Å²) in [6, 6.07) is -1.89. The van der Waals surface area contributed by atoms with E-state index in [1.807, 2.05) is 51.2 Å². The van der Waals surface area contributed by atoms with Gasteiger partial charge in [-0.1, -0.05) is 64.2 Å². The van der Waals surface area contributed by atoms with Gasteiger partial charge < -0.3 is 54.4 Å². The van der Waals surface area contributed by atoms with Gasteiger partial charge in [0.05, 0.1) is 30.5 Å². The van der Waals surface area contributed by atoms with Crippen LogP contribution in [0.2, 0.25) is 0 Å². The Balaban J connectivity index is 1.70. The Morgan fingerprint density at radius 3 is 2.20 bits per heavy atom. The van der Waals surface area contributed by atoms with E-state index in [1.165, 1.54) is 12.0 Å². The van der Waals surface area contributed by atoms with Crippen molar-refractivity contribution in [2.45, 2.75) is 185 Å². The molecule has 1 amide bonds. The fourth-order valence-electron chi connectivity index (χ4n) is 10.3. The van der Waals surface area contributed by atoms with E-state index >= 15 is 0 Å². The average molecular weight is 931 g/mol. The lowest BCUT2D eigenvalue weighted by molar-refractivity contribution is -0.265. The molecule has 4 rings (SSSR count). The topological polar surface area (TPSA) is 214 Å². The van der Waals surface area contributed by atoms with E-state index in [0.717, 1.165) is 18.4 Å². The summed E-state index contributed by atoms with van der Waals surface area (Å²) >= 11 is 0. The van der Waals surface area contributed by atoms with Crippen molar-refractivity contribution >= 4 is 23.4 Å². The number of esters is 1. The molecule has 0 unspecified atom stereocenters. The first-order chi connectivity index (χ1) is 31.3. The molecule has 1 saturated carbocycles. The molecule has 3 heterocycles. The van der Waals surface area contributed by atoms with Crippen molar-refractivity contribution in [2.24, 2.45) is 35.3 Å². The number of aliphatic hydroxyl groups is 3. The molecular formula is C51H82N2O13. The van der Waals surface area contributed by atoms with Gasteiger partial charge in [-0.25, -0.2) is 4.79 Å². The molecular weight excluding hydrogens is 849 g/mol. The molecule has 2 saturated heterocycles. The molecule has 15 heteroatoms. The van der Waals surface area contributed by atoms with E-state index in [4.69, 9.17) is 34.2 Å². The molecule has 2 bridgehead atoms. The number of ether oxygens (including phenoxy) is 6. The third-order valence-corrected chi connectivity index (χ3v) is 14.7. The average Bonchev–Trinajstić information content (AvgIpc) is 3.30. The number of cyclic esters (lactones) is 1. The fraction of sp³-hybridized carbons (Fsp3) is 0.765. The molecule has 15 nitrogen and oxygen atoms in total. The van der Waals surface area contributed by atoms with Gasteiger partial charge in [0.15, 0.2) is 5.78 Å². The van der Waals surface area contributed by atoms with Crippen LogP contribution < -0.4 is 5.73 Å². The number of hydrogen-bond donors (Lipinski definition) is 4. The summed E-state index contributed by atoms with van der Waals surface area (Å²) in [6.07, 6.45) is 11.2. The van der Waals surface area contributed by atoms with Gasteiger partial charge in [-0.2, -0.15) is 0 Å². The highest BCUT2D eigenvalue weighted by Gasteiger charge is 2.53. The summed E-state index contributed by atoms with van der Waals surface area (Å²) in [7, 11) is 6.28. The highest BCUT2D eigenvalue weighted by atomic mass is 16.6. The number of nitrogens with two attached hydrogens (primary N) is 1. The van der Waals surface area contributed by atoms with Crippen molar-refractivity contribution in [1.82, 2.24) is 4.90 Å². The van der Waals surface area contributed by atoms with E-state index in [1.54, 1.807) is 48.2 Å². The number of piperidine rings is 1. The second-order valence-corrected chi connectivity index (χ2v) is 19.7. The van der Waals surface area contributed by atoms with Crippen LogP contribution in [0.15, 0.2) is 47.6 Å². The lowest BCUT2D eigenvalue weighted by Gasteiger charge is -2.42. The molecule has 1 aliphatic carbocycles. The lowest BCUT2D eigenvalue weighted by Crippen LogP contribution is -2.61. The molecule has 3 aliphatic heterocycles. The van der Waals surface area contributed by atoms with Gasteiger partial charge in [0.1, 0.15) is 24.4 Å². The Bertz CT molecular complexity index is 1730. The van der Waals surface area contributed by atoms with E-state index in [0.29, 0.717) is 56.9 Å². The van der Waals surface area contributed by atoms with E-state index < -0.39 is 89.9 Å². The standard InChI is InChI=1S/C51H82N2O13/c1-30-16-12-11-13-17-31(2)42(62-8)28-37-21-19-35(6)51(60,66-37)48(57)49(58)53-23-15-14-18-39(53)50(59)65-43(38(52)26-36-20-22-41(61-7)44(27-36)63-9)29-40(54)32(3)25-34(5)46(56)47(64-10)45(55)33(4)24-30/h11-13,16-17,25,30,32-33,35-44,46-47,54,56,60H,14-15,18-24,26-29,52H2,1-10H3/b13-11+,16-12+,31-17+,34-25+/t30-,32-,33-,35-,36+,37+,38-,39+,40-,41-,42+,43+,44-,46-,47+,51-/m1/s1. The molecule has 4 aliphatic rings. The number of ketones is 2. The highest BCUT2D eigenvalue weighted by molar-refractivity contribution is 6.39. The van der Waals surface area contributed by atoms with Gasteiger partial charge in [0.2, 0.25) is 5.79 Å². The van der Waals surface area contributed by atoms with Crippen molar-refractivity contribution in [3.8, 4) is 0 Å². The number of methoxy groups -OCH3 is 4. The quantitative estimate of drug-likeness (QED) is 0.145. The largest absolute Gasteiger partial charge is 0.459 e. The fourth-order valence-corrected chi connectivity index (χ4v) is 10.3. The number of aliphatic hydroxyl groups excluding tert-OH is 2. The molecule has 5 N–H and O–H groups in total. The molecule has 3 fully saturated rings. The maximum Gasteiger partial charge on any atom is 0.329 e. The third-order valence-electron chi connectivity index (χ3n) is 14.7. The molecule has 16 atom stereocenters. The zero-order valence-corrected chi connectivity index (χ0v) is 41.3. The number of carbonyl (C=O) groups excluding carboxylic acids is 4.